The molecule has 1 N–H and O–H groups in total. The summed E-state index contributed by atoms with van der Waals surface area (Å²) in [5.41, 5.74) is 1.50. The first-order valence-electron chi connectivity index (χ1n) is 6.35. The summed E-state index contributed by atoms with van der Waals surface area (Å²) in [6.45, 7) is 3.95. The monoisotopic (exact) mass is 236 g/mol. The molecule has 1 saturated heterocycles. The van der Waals surface area contributed by atoms with Gasteiger partial charge in [-0.25, -0.2) is 0 Å². The lowest BCUT2D eigenvalue weighted by atomic mass is 10.2. The van der Waals surface area contributed by atoms with Crippen molar-refractivity contribution in [3.8, 4) is 0 Å². The number of benzene rings is 1. The molecular weight excluding hydrogens is 214 g/mol. The Morgan fingerprint density at radius 1 is 1.00 bits per heavy atom. The highest BCUT2D eigenvalue weighted by Crippen LogP contribution is 2.14. The SMILES string of the molecule is CSc1ccc(C[NH+]2CCCCCC2)cc1. The fraction of sp³-hybridized carbons (Fsp3) is 0.571. The summed E-state index contributed by atoms with van der Waals surface area (Å²) in [7, 11) is 0. The molecule has 1 nitrogen and oxygen atoms in total. The van der Waals surface area contributed by atoms with Gasteiger partial charge in [0.15, 0.2) is 0 Å². The summed E-state index contributed by atoms with van der Waals surface area (Å²) in [4.78, 5) is 3.14. The van der Waals surface area contributed by atoms with Crippen molar-refractivity contribution in [3.63, 3.8) is 0 Å². The van der Waals surface area contributed by atoms with Crippen LogP contribution in [-0.4, -0.2) is 19.3 Å². The number of rotatable bonds is 3. The number of hydrogen-bond acceptors (Lipinski definition) is 1. The second kappa shape index (κ2) is 6.31. The molecule has 0 bridgehead atoms. The molecule has 2 rings (SSSR count). The lowest BCUT2D eigenvalue weighted by Crippen LogP contribution is -3.10. The first-order valence-corrected chi connectivity index (χ1v) is 7.57. The molecule has 88 valence electrons. The summed E-state index contributed by atoms with van der Waals surface area (Å²) in [6.07, 6.45) is 7.84. The van der Waals surface area contributed by atoms with Gasteiger partial charge in [0.05, 0.1) is 13.1 Å². The van der Waals surface area contributed by atoms with E-state index in [9.17, 15) is 0 Å². The summed E-state index contributed by atoms with van der Waals surface area (Å²) in [5.74, 6) is 0. The fourth-order valence-corrected chi connectivity index (χ4v) is 2.85. The van der Waals surface area contributed by atoms with E-state index < -0.39 is 0 Å². The molecule has 16 heavy (non-hydrogen) atoms. The minimum Gasteiger partial charge on any atom is -0.331 e. The van der Waals surface area contributed by atoms with Gasteiger partial charge in [-0.2, -0.15) is 0 Å². The van der Waals surface area contributed by atoms with Gasteiger partial charge in [-0.1, -0.05) is 12.1 Å². The summed E-state index contributed by atoms with van der Waals surface area (Å²) >= 11 is 1.82. The summed E-state index contributed by atoms with van der Waals surface area (Å²) < 4.78 is 0. The largest absolute Gasteiger partial charge is 0.331 e. The number of nitrogens with one attached hydrogen (secondary N) is 1. The molecule has 1 aromatic carbocycles. The van der Waals surface area contributed by atoms with E-state index in [1.807, 2.05) is 11.8 Å². The van der Waals surface area contributed by atoms with Crippen molar-refractivity contribution in [2.45, 2.75) is 37.1 Å². The summed E-state index contributed by atoms with van der Waals surface area (Å²) in [5, 5.41) is 0. The van der Waals surface area contributed by atoms with Gasteiger partial charge < -0.3 is 4.90 Å². The Kier molecular flexibility index (Phi) is 4.73. The Morgan fingerprint density at radius 3 is 2.19 bits per heavy atom. The van der Waals surface area contributed by atoms with Crippen LogP contribution >= 0.6 is 11.8 Å². The predicted octanol–water partition coefficient (Wildman–Crippen LogP) is 2.37. The molecule has 1 aliphatic heterocycles. The number of thioether (sulfide) groups is 1. The summed E-state index contributed by atoms with van der Waals surface area (Å²) in [6, 6.07) is 9.09. The standard InChI is InChI=1S/C14H21NS/c1-16-14-8-6-13(7-9-14)12-15-10-4-2-3-5-11-15/h6-9H,2-5,10-12H2,1H3/p+1. The van der Waals surface area contributed by atoms with Crippen LogP contribution in [0.4, 0.5) is 0 Å². The van der Waals surface area contributed by atoms with E-state index in [2.05, 4.69) is 30.5 Å². The van der Waals surface area contributed by atoms with Crippen LogP contribution in [0.3, 0.4) is 0 Å². The van der Waals surface area contributed by atoms with Crippen molar-refractivity contribution < 1.29 is 4.90 Å². The molecule has 0 amide bonds. The predicted molar refractivity (Wildman–Crippen MR) is 71.1 cm³/mol. The molecule has 0 spiro atoms. The highest BCUT2D eigenvalue weighted by atomic mass is 32.2. The van der Waals surface area contributed by atoms with E-state index in [1.54, 1.807) is 4.90 Å². The lowest BCUT2D eigenvalue weighted by Gasteiger charge is -2.17. The van der Waals surface area contributed by atoms with Gasteiger partial charge in [-0.05, 0) is 44.1 Å². The number of hydrogen-bond donors (Lipinski definition) is 1. The van der Waals surface area contributed by atoms with Crippen LogP contribution in [0, 0.1) is 0 Å². The van der Waals surface area contributed by atoms with Crippen LogP contribution in [0.15, 0.2) is 29.2 Å². The van der Waals surface area contributed by atoms with E-state index in [0.29, 0.717) is 0 Å². The normalized spacial score (nSPS) is 18.3. The number of quaternary nitrogens is 1. The Bertz CT molecular complexity index is 299. The molecule has 1 heterocycles. The molecule has 0 saturated carbocycles. The van der Waals surface area contributed by atoms with Gasteiger partial charge in [0.25, 0.3) is 0 Å². The van der Waals surface area contributed by atoms with Gasteiger partial charge in [0, 0.05) is 10.5 Å². The molecule has 1 aromatic rings. The van der Waals surface area contributed by atoms with Gasteiger partial charge in [-0.3, -0.25) is 0 Å². The van der Waals surface area contributed by atoms with Crippen LogP contribution in [0.25, 0.3) is 0 Å². The highest BCUT2D eigenvalue weighted by Gasteiger charge is 2.12. The van der Waals surface area contributed by atoms with Crippen LogP contribution in [0.2, 0.25) is 0 Å². The van der Waals surface area contributed by atoms with E-state index in [1.165, 1.54) is 55.8 Å². The average molecular weight is 236 g/mol. The molecule has 1 aliphatic rings. The Labute approximate surface area is 103 Å². The van der Waals surface area contributed by atoms with Crippen LogP contribution < -0.4 is 4.90 Å². The maximum Gasteiger partial charge on any atom is 0.103 e. The van der Waals surface area contributed by atoms with Gasteiger partial charge in [-0.15, -0.1) is 11.8 Å². The van der Waals surface area contributed by atoms with Crippen LogP contribution in [0.5, 0.6) is 0 Å². The third-order valence-corrected chi connectivity index (χ3v) is 4.17. The van der Waals surface area contributed by atoms with Gasteiger partial charge in [0.2, 0.25) is 0 Å². The van der Waals surface area contributed by atoms with Gasteiger partial charge >= 0.3 is 0 Å². The Balaban J connectivity index is 1.91. The van der Waals surface area contributed by atoms with Gasteiger partial charge in [0.1, 0.15) is 6.54 Å². The third kappa shape index (κ3) is 3.53. The van der Waals surface area contributed by atoms with Crippen molar-refractivity contribution in [2.75, 3.05) is 19.3 Å². The van der Waals surface area contributed by atoms with Crippen molar-refractivity contribution in [3.05, 3.63) is 29.8 Å². The van der Waals surface area contributed by atoms with Crippen molar-refractivity contribution in [2.24, 2.45) is 0 Å². The number of likely N-dealkylation sites (tertiary alicyclic amines) is 1. The topological polar surface area (TPSA) is 4.44 Å². The first kappa shape index (κ1) is 12.0. The van der Waals surface area contributed by atoms with E-state index in [4.69, 9.17) is 0 Å². The molecule has 1 fully saturated rings. The van der Waals surface area contributed by atoms with Crippen LogP contribution in [0.1, 0.15) is 31.2 Å². The quantitative estimate of drug-likeness (QED) is 0.790. The molecule has 2 heteroatoms. The molecular formula is C14H22NS+. The zero-order chi connectivity index (χ0) is 11.2. The smallest absolute Gasteiger partial charge is 0.103 e. The highest BCUT2D eigenvalue weighted by molar-refractivity contribution is 7.98. The second-order valence-electron chi connectivity index (χ2n) is 4.69. The van der Waals surface area contributed by atoms with Crippen molar-refractivity contribution in [1.82, 2.24) is 0 Å². The molecule has 0 aromatic heterocycles. The van der Waals surface area contributed by atoms with Crippen molar-refractivity contribution >= 4 is 11.8 Å². The fourth-order valence-electron chi connectivity index (χ4n) is 2.44. The Hall–Kier alpha value is -0.470. The maximum atomic E-state index is 2.30. The minimum atomic E-state index is 1.22. The van der Waals surface area contributed by atoms with E-state index >= 15 is 0 Å². The van der Waals surface area contributed by atoms with Crippen molar-refractivity contribution in [1.29, 1.82) is 0 Å². The molecule has 0 atom stereocenters. The van der Waals surface area contributed by atoms with Crippen LogP contribution in [-0.2, 0) is 6.54 Å². The van der Waals surface area contributed by atoms with E-state index in [0.717, 1.165) is 0 Å². The minimum absolute atomic E-state index is 1.22. The Morgan fingerprint density at radius 2 is 1.62 bits per heavy atom. The maximum absolute atomic E-state index is 2.30. The first-order chi connectivity index (χ1) is 7.88. The zero-order valence-corrected chi connectivity index (χ0v) is 11.0. The zero-order valence-electron chi connectivity index (χ0n) is 10.2. The molecule has 0 aliphatic carbocycles. The lowest BCUT2D eigenvalue weighted by molar-refractivity contribution is -0.913. The molecule has 0 unspecified atom stereocenters. The van der Waals surface area contributed by atoms with E-state index in [-0.39, 0.29) is 0 Å². The second-order valence-corrected chi connectivity index (χ2v) is 5.57. The average Bonchev–Trinajstić information content (AvgIpc) is 2.59. The molecule has 0 radical (unpaired) electrons. The third-order valence-electron chi connectivity index (χ3n) is 3.42.